The van der Waals surface area contributed by atoms with Crippen molar-refractivity contribution in [3.8, 4) is 0 Å². The van der Waals surface area contributed by atoms with Crippen LogP contribution in [0.5, 0.6) is 0 Å². The number of aryl methyl sites for hydroxylation is 1. The topological polar surface area (TPSA) is 32.8 Å². The van der Waals surface area contributed by atoms with E-state index in [4.69, 9.17) is 16.3 Å². The molecule has 0 aromatic heterocycles. The van der Waals surface area contributed by atoms with Crippen molar-refractivity contribution in [1.29, 1.82) is 0 Å². The summed E-state index contributed by atoms with van der Waals surface area (Å²) in [7, 11) is 2.12. The maximum atomic E-state index is 12.5. The van der Waals surface area contributed by atoms with Crippen LogP contribution < -0.4 is 0 Å². The SMILES string of the molecule is CN1CCO[C@@H]2CN(C(=O)CCc3ccccc3Cl)C[C@@H]2C1. The fourth-order valence-electron chi connectivity index (χ4n) is 3.36. The van der Waals surface area contributed by atoms with Crippen LogP contribution in [-0.2, 0) is 16.0 Å². The molecule has 1 aromatic carbocycles. The smallest absolute Gasteiger partial charge is 0.223 e. The molecule has 2 fully saturated rings. The molecule has 1 amide bonds. The van der Waals surface area contributed by atoms with E-state index in [2.05, 4.69) is 11.9 Å². The highest BCUT2D eigenvalue weighted by molar-refractivity contribution is 6.31. The van der Waals surface area contributed by atoms with Crippen molar-refractivity contribution in [3.05, 3.63) is 34.9 Å². The summed E-state index contributed by atoms with van der Waals surface area (Å²) in [5, 5.41) is 0.742. The van der Waals surface area contributed by atoms with Gasteiger partial charge in [0.15, 0.2) is 0 Å². The van der Waals surface area contributed by atoms with E-state index in [0.717, 1.165) is 43.4 Å². The molecule has 0 bridgehead atoms. The molecule has 120 valence electrons. The number of likely N-dealkylation sites (N-methyl/N-ethyl adjacent to an activating group) is 1. The van der Waals surface area contributed by atoms with Gasteiger partial charge >= 0.3 is 0 Å². The van der Waals surface area contributed by atoms with Gasteiger partial charge in [0.2, 0.25) is 5.91 Å². The molecule has 5 heteroatoms. The zero-order valence-corrected chi connectivity index (χ0v) is 13.8. The molecule has 0 aliphatic carbocycles. The monoisotopic (exact) mass is 322 g/mol. The van der Waals surface area contributed by atoms with Crippen molar-refractivity contribution in [3.63, 3.8) is 0 Å². The average molecular weight is 323 g/mol. The quantitative estimate of drug-likeness (QED) is 0.854. The lowest BCUT2D eigenvalue weighted by molar-refractivity contribution is -0.130. The molecule has 2 heterocycles. The Bertz CT molecular complexity index is 537. The highest BCUT2D eigenvalue weighted by Gasteiger charge is 2.37. The minimum atomic E-state index is 0.203. The minimum Gasteiger partial charge on any atom is -0.375 e. The Morgan fingerprint density at radius 3 is 2.95 bits per heavy atom. The van der Waals surface area contributed by atoms with Crippen molar-refractivity contribution in [1.82, 2.24) is 9.80 Å². The molecule has 2 aliphatic heterocycles. The van der Waals surface area contributed by atoms with Crippen LogP contribution in [0.3, 0.4) is 0 Å². The van der Waals surface area contributed by atoms with Gasteiger partial charge in [-0.15, -0.1) is 0 Å². The second-order valence-electron chi connectivity index (χ2n) is 6.32. The lowest BCUT2D eigenvalue weighted by atomic mass is 10.1. The van der Waals surface area contributed by atoms with Gasteiger partial charge in [0.1, 0.15) is 0 Å². The molecule has 2 saturated heterocycles. The third kappa shape index (κ3) is 3.62. The van der Waals surface area contributed by atoms with Gasteiger partial charge < -0.3 is 14.5 Å². The van der Waals surface area contributed by atoms with Gasteiger partial charge in [0.25, 0.3) is 0 Å². The lowest BCUT2D eigenvalue weighted by Gasteiger charge is -2.19. The van der Waals surface area contributed by atoms with Crippen LogP contribution in [0.25, 0.3) is 0 Å². The minimum absolute atomic E-state index is 0.203. The number of likely N-dealkylation sites (tertiary alicyclic amines) is 1. The van der Waals surface area contributed by atoms with Crippen LogP contribution in [0.1, 0.15) is 12.0 Å². The Morgan fingerprint density at radius 2 is 2.14 bits per heavy atom. The van der Waals surface area contributed by atoms with E-state index in [9.17, 15) is 4.79 Å². The zero-order valence-electron chi connectivity index (χ0n) is 13.0. The van der Waals surface area contributed by atoms with Gasteiger partial charge in [-0.05, 0) is 25.1 Å². The largest absolute Gasteiger partial charge is 0.375 e. The number of benzene rings is 1. The van der Waals surface area contributed by atoms with Crippen LogP contribution in [0.2, 0.25) is 5.02 Å². The predicted octanol–water partition coefficient (Wildman–Crippen LogP) is 2.06. The first-order valence-corrected chi connectivity index (χ1v) is 8.32. The summed E-state index contributed by atoms with van der Waals surface area (Å²) in [6.07, 6.45) is 1.42. The van der Waals surface area contributed by atoms with Crippen LogP contribution in [0, 0.1) is 5.92 Å². The fraction of sp³-hybridized carbons (Fsp3) is 0.588. The fourth-order valence-corrected chi connectivity index (χ4v) is 3.59. The third-order valence-corrected chi connectivity index (χ3v) is 5.02. The predicted molar refractivity (Wildman–Crippen MR) is 87.1 cm³/mol. The number of hydrogen-bond acceptors (Lipinski definition) is 3. The Balaban J connectivity index is 1.54. The number of ether oxygens (including phenoxy) is 1. The van der Waals surface area contributed by atoms with Crippen molar-refractivity contribution in [2.75, 3.05) is 39.8 Å². The van der Waals surface area contributed by atoms with E-state index >= 15 is 0 Å². The van der Waals surface area contributed by atoms with Crippen molar-refractivity contribution < 1.29 is 9.53 Å². The molecule has 0 saturated carbocycles. The summed E-state index contributed by atoms with van der Waals surface area (Å²) < 4.78 is 5.90. The number of hydrogen-bond donors (Lipinski definition) is 0. The third-order valence-electron chi connectivity index (χ3n) is 4.65. The van der Waals surface area contributed by atoms with Gasteiger partial charge in [-0.25, -0.2) is 0 Å². The lowest BCUT2D eigenvalue weighted by Crippen LogP contribution is -2.32. The molecule has 0 spiro atoms. The normalized spacial score (nSPS) is 25.8. The summed E-state index contributed by atoms with van der Waals surface area (Å²) >= 11 is 6.15. The molecule has 0 unspecified atom stereocenters. The molecular weight excluding hydrogens is 300 g/mol. The Labute approximate surface area is 137 Å². The Kier molecular flexibility index (Phi) is 5.01. The van der Waals surface area contributed by atoms with Gasteiger partial charge in [0.05, 0.1) is 12.7 Å². The van der Waals surface area contributed by atoms with Crippen LogP contribution in [0.4, 0.5) is 0 Å². The molecular formula is C17H23ClN2O2. The first-order chi connectivity index (χ1) is 10.6. The number of amides is 1. The highest BCUT2D eigenvalue weighted by Crippen LogP contribution is 2.24. The Hall–Kier alpha value is -1.10. The van der Waals surface area contributed by atoms with Crippen molar-refractivity contribution in [2.45, 2.75) is 18.9 Å². The molecule has 1 aromatic rings. The molecule has 22 heavy (non-hydrogen) atoms. The summed E-state index contributed by atoms with van der Waals surface area (Å²) in [5.74, 6) is 0.649. The summed E-state index contributed by atoms with van der Waals surface area (Å²) in [6, 6.07) is 7.74. The highest BCUT2D eigenvalue weighted by atomic mass is 35.5. The number of halogens is 1. The first kappa shape index (κ1) is 15.8. The first-order valence-electron chi connectivity index (χ1n) is 7.95. The zero-order chi connectivity index (χ0) is 15.5. The van der Waals surface area contributed by atoms with Gasteiger partial charge in [0, 0.05) is 43.5 Å². The molecule has 2 aliphatic rings. The van der Waals surface area contributed by atoms with E-state index in [1.807, 2.05) is 29.2 Å². The summed E-state index contributed by atoms with van der Waals surface area (Å²) in [6.45, 7) is 4.31. The maximum Gasteiger partial charge on any atom is 0.223 e. The van der Waals surface area contributed by atoms with E-state index in [-0.39, 0.29) is 12.0 Å². The molecule has 3 rings (SSSR count). The van der Waals surface area contributed by atoms with Gasteiger partial charge in [-0.2, -0.15) is 0 Å². The Morgan fingerprint density at radius 1 is 1.32 bits per heavy atom. The molecule has 4 nitrogen and oxygen atoms in total. The average Bonchev–Trinajstić information content (AvgIpc) is 2.81. The van der Waals surface area contributed by atoms with Crippen molar-refractivity contribution >= 4 is 17.5 Å². The molecule has 2 atom stereocenters. The summed E-state index contributed by atoms with van der Waals surface area (Å²) in [5.41, 5.74) is 1.04. The number of nitrogens with zero attached hydrogens (tertiary/aromatic N) is 2. The second kappa shape index (κ2) is 6.99. The standard InChI is InChI=1S/C17H23ClN2O2/c1-19-8-9-22-16-12-20(11-14(16)10-19)17(21)7-6-13-4-2-3-5-15(13)18/h2-5,14,16H,6-12H2,1H3/t14-,16+/m0/s1. The van der Waals surface area contributed by atoms with Crippen LogP contribution >= 0.6 is 11.6 Å². The van der Waals surface area contributed by atoms with E-state index in [1.165, 1.54) is 0 Å². The van der Waals surface area contributed by atoms with E-state index < -0.39 is 0 Å². The maximum absolute atomic E-state index is 12.5. The second-order valence-corrected chi connectivity index (χ2v) is 6.73. The van der Waals surface area contributed by atoms with Gasteiger partial charge in [-0.1, -0.05) is 29.8 Å². The number of carbonyl (C=O) groups excluding carboxylic acids is 1. The summed E-state index contributed by atoms with van der Waals surface area (Å²) in [4.78, 5) is 16.7. The van der Waals surface area contributed by atoms with Crippen molar-refractivity contribution in [2.24, 2.45) is 5.92 Å². The van der Waals surface area contributed by atoms with E-state index in [0.29, 0.717) is 18.8 Å². The molecule has 0 radical (unpaired) electrons. The molecule has 0 N–H and O–H groups in total. The van der Waals surface area contributed by atoms with E-state index in [1.54, 1.807) is 0 Å². The number of fused-ring (bicyclic) bond motifs is 1. The number of carbonyl (C=O) groups is 1. The van der Waals surface area contributed by atoms with Crippen LogP contribution in [0.15, 0.2) is 24.3 Å². The van der Waals surface area contributed by atoms with Gasteiger partial charge in [-0.3, -0.25) is 4.79 Å². The van der Waals surface area contributed by atoms with Crippen LogP contribution in [-0.4, -0.2) is 61.6 Å². The number of rotatable bonds is 3.